The zero-order chi connectivity index (χ0) is 9.97. The second-order valence-corrected chi connectivity index (χ2v) is 2.90. The van der Waals surface area contributed by atoms with Gasteiger partial charge in [0.15, 0.2) is 5.82 Å². The van der Waals surface area contributed by atoms with Gasteiger partial charge in [0.2, 0.25) is 0 Å². The Hall–Kier alpha value is -1.78. The predicted octanol–water partition coefficient (Wildman–Crippen LogP) is 1.67. The third kappa shape index (κ3) is 1.48. The van der Waals surface area contributed by atoms with Crippen LogP contribution in [0.1, 0.15) is 12.6 Å². The number of aryl methyl sites for hydroxylation is 1. The lowest BCUT2D eigenvalue weighted by atomic mass is 10.4. The highest BCUT2D eigenvalue weighted by atomic mass is 16.4. The number of hydrogen-bond acceptors (Lipinski definition) is 4. The highest BCUT2D eigenvalue weighted by Gasteiger charge is 2.07. The molecule has 0 aliphatic heterocycles. The van der Waals surface area contributed by atoms with Crippen molar-refractivity contribution in [2.75, 3.05) is 12.4 Å². The van der Waals surface area contributed by atoms with E-state index >= 15 is 0 Å². The lowest BCUT2D eigenvalue weighted by Gasteiger charge is -1.88. The van der Waals surface area contributed by atoms with Gasteiger partial charge in [-0.1, -0.05) is 6.92 Å². The maximum atomic E-state index is 5.13. The summed E-state index contributed by atoms with van der Waals surface area (Å²) in [6, 6.07) is 0.495. The van der Waals surface area contributed by atoms with Crippen molar-refractivity contribution in [1.82, 2.24) is 15.0 Å². The molecular formula is C9H12N4O. The second-order valence-electron chi connectivity index (χ2n) is 2.90. The van der Waals surface area contributed by atoms with Crippen molar-refractivity contribution in [1.29, 1.82) is 0 Å². The summed E-state index contributed by atoms with van der Waals surface area (Å²) in [5.74, 6) is 0.743. The molecule has 0 bridgehead atoms. The predicted molar refractivity (Wildman–Crippen MR) is 53.0 cm³/mol. The normalized spacial score (nSPS) is 10.4. The summed E-state index contributed by atoms with van der Waals surface area (Å²) < 4.78 is 5.13. The molecule has 2 aromatic heterocycles. The van der Waals surface area contributed by atoms with Gasteiger partial charge in [0, 0.05) is 18.9 Å². The van der Waals surface area contributed by atoms with Crippen molar-refractivity contribution in [3.05, 3.63) is 18.2 Å². The molecule has 0 aliphatic rings. The molecule has 0 spiro atoms. The number of rotatable bonds is 3. The maximum absolute atomic E-state index is 5.13. The van der Waals surface area contributed by atoms with E-state index in [2.05, 4.69) is 27.2 Å². The van der Waals surface area contributed by atoms with Gasteiger partial charge in [-0.05, 0) is 6.42 Å². The Labute approximate surface area is 81.6 Å². The van der Waals surface area contributed by atoms with Gasteiger partial charge in [-0.2, -0.15) is 4.98 Å². The molecular weight excluding hydrogens is 180 g/mol. The third-order valence-corrected chi connectivity index (χ3v) is 1.97. The fourth-order valence-electron chi connectivity index (χ4n) is 1.17. The molecule has 74 valence electrons. The van der Waals surface area contributed by atoms with E-state index in [1.165, 1.54) is 0 Å². The minimum absolute atomic E-state index is 0.495. The van der Waals surface area contributed by atoms with Crippen LogP contribution in [0.25, 0.3) is 11.5 Å². The minimum atomic E-state index is 0.495. The van der Waals surface area contributed by atoms with E-state index < -0.39 is 0 Å². The fraction of sp³-hybridized carbons (Fsp3) is 0.333. The molecule has 0 aromatic carbocycles. The van der Waals surface area contributed by atoms with Crippen molar-refractivity contribution in [2.45, 2.75) is 13.3 Å². The number of imidazole rings is 1. The number of aromatic nitrogens is 3. The quantitative estimate of drug-likeness (QED) is 0.776. The molecule has 2 heterocycles. The molecule has 14 heavy (non-hydrogen) atoms. The SMILES string of the molecule is CCc1cnc(-c2coc(NC)n2)[nH]1. The summed E-state index contributed by atoms with van der Waals surface area (Å²) in [5.41, 5.74) is 1.81. The van der Waals surface area contributed by atoms with Crippen LogP contribution >= 0.6 is 0 Å². The first-order valence-corrected chi connectivity index (χ1v) is 4.51. The standard InChI is InChI=1S/C9H12N4O/c1-3-6-4-11-8(12-6)7-5-14-9(10-2)13-7/h4-5H,3H2,1-2H3,(H,10,13)(H,11,12). The second kappa shape index (κ2) is 3.53. The molecule has 0 radical (unpaired) electrons. The Bertz CT molecular complexity index is 378. The Morgan fingerprint density at radius 2 is 2.43 bits per heavy atom. The largest absolute Gasteiger partial charge is 0.431 e. The van der Waals surface area contributed by atoms with Crippen LogP contribution in [0.2, 0.25) is 0 Å². The molecule has 0 atom stereocenters. The summed E-state index contributed by atoms with van der Waals surface area (Å²) in [4.78, 5) is 11.5. The lowest BCUT2D eigenvalue weighted by molar-refractivity contribution is 0.576. The topological polar surface area (TPSA) is 66.7 Å². The molecule has 2 aromatic rings. The van der Waals surface area contributed by atoms with E-state index in [1.807, 2.05) is 6.20 Å². The van der Waals surface area contributed by atoms with Gasteiger partial charge in [0.25, 0.3) is 6.01 Å². The Kier molecular flexibility index (Phi) is 2.22. The van der Waals surface area contributed by atoms with Crippen molar-refractivity contribution in [3.63, 3.8) is 0 Å². The Balaban J connectivity index is 2.29. The molecule has 0 fully saturated rings. The third-order valence-electron chi connectivity index (χ3n) is 1.97. The first kappa shape index (κ1) is 8.80. The van der Waals surface area contributed by atoms with E-state index in [9.17, 15) is 0 Å². The molecule has 0 unspecified atom stereocenters. The highest BCUT2D eigenvalue weighted by Crippen LogP contribution is 2.17. The zero-order valence-electron chi connectivity index (χ0n) is 8.16. The lowest BCUT2D eigenvalue weighted by Crippen LogP contribution is -1.87. The van der Waals surface area contributed by atoms with E-state index in [0.29, 0.717) is 11.7 Å². The fourth-order valence-corrected chi connectivity index (χ4v) is 1.17. The highest BCUT2D eigenvalue weighted by molar-refractivity contribution is 5.49. The average molecular weight is 192 g/mol. The summed E-state index contributed by atoms with van der Waals surface area (Å²) in [7, 11) is 1.76. The Morgan fingerprint density at radius 1 is 1.57 bits per heavy atom. The number of H-pyrrole nitrogens is 1. The van der Waals surface area contributed by atoms with Gasteiger partial charge in [0.1, 0.15) is 12.0 Å². The van der Waals surface area contributed by atoms with Crippen molar-refractivity contribution >= 4 is 6.01 Å². The molecule has 0 saturated carbocycles. The summed E-state index contributed by atoms with van der Waals surface area (Å²) in [5, 5.41) is 2.82. The van der Waals surface area contributed by atoms with E-state index in [1.54, 1.807) is 13.3 Å². The molecule has 0 saturated heterocycles. The van der Waals surface area contributed by atoms with Crippen LogP contribution in [0.5, 0.6) is 0 Å². The average Bonchev–Trinajstić information content (AvgIpc) is 2.86. The zero-order valence-corrected chi connectivity index (χ0v) is 8.16. The van der Waals surface area contributed by atoms with Crippen LogP contribution in [-0.2, 0) is 6.42 Å². The maximum Gasteiger partial charge on any atom is 0.294 e. The molecule has 2 rings (SSSR count). The number of hydrogen-bond donors (Lipinski definition) is 2. The number of aromatic amines is 1. The van der Waals surface area contributed by atoms with Gasteiger partial charge in [0.05, 0.1) is 0 Å². The number of anilines is 1. The number of oxazole rings is 1. The van der Waals surface area contributed by atoms with Crippen molar-refractivity contribution < 1.29 is 4.42 Å². The van der Waals surface area contributed by atoms with Gasteiger partial charge in [-0.3, -0.25) is 0 Å². The summed E-state index contributed by atoms with van der Waals surface area (Å²) >= 11 is 0. The van der Waals surface area contributed by atoms with Crippen molar-refractivity contribution in [3.8, 4) is 11.5 Å². The van der Waals surface area contributed by atoms with Gasteiger partial charge in [-0.25, -0.2) is 4.98 Å². The molecule has 2 N–H and O–H groups in total. The first-order valence-electron chi connectivity index (χ1n) is 4.51. The molecule has 0 aliphatic carbocycles. The molecule has 5 heteroatoms. The van der Waals surface area contributed by atoms with Gasteiger partial charge >= 0.3 is 0 Å². The van der Waals surface area contributed by atoms with Crippen LogP contribution < -0.4 is 5.32 Å². The smallest absolute Gasteiger partial charge is 0.294 e. The van der Waals surface area contributed by atoms with Gasteiger partial charge < -0.3 is 14.7 Å². The van der Waals surface area contributed by atoms with Gasteiger partial charge in [-0.15, -0.1) is 0 Å². The molecule has 5 nitrogen and oxygen atoms in total. The van der Waals surface area contributed by atoms with Crippen molar-refractivity contribution in [2.24, 2.45) is 0 Å². The van der Waals surface area contributed by atoms with Crippen LogP contribution in [0.15, 0.2) is 16.9 Å². The van der Waals surface area contributed by atoms with E-state index in [-0.39, 0.29) is 0 Å². The number of nitrogens with one attached hydrogen (secondary N) is 2. The van der Waals surface area contributed by atoms with Crippen LogP contribution in [-0.4, -0.2) is 22.0 Å². The summed E-state index contributed by atoms with van der Waals surface area (Å²) in [6.45, 7) is 2.07. The number of nitrogens with zero attached hydrogens (tertiary/aromatic N) is 2. The molecule has 0 amide bonds. The first-order chi connectivity index (χ1) is 6.83. The van der Waals surface area contributed by atoms with Crippen LogP contribution in [0.4, 0.5) is 6.01 Å². The van der Waals surface area contributed by atoms with E-state index in [4.69, 9.17) is 4.42 Å². The van der Waals surface area contributed by atoms with Crippen LogP contribution in [0, 0.1) is 0 Å². The van der Waals surface area contributed by atoms with Crippen LogP contribution in [0.3, 0.4) is 0 Å². The summed E-state index contributed by atoms with van der Waals surface area (Å²) in [6.07, 6.45) is 4.32. The minimum Gasteiger partial charge on any atom is -0.431 e. The monoisotopic (exact) mass is 192 g/mol. The Morgan fingerprint density at radius 3 is 3.00 bits per heavy atom. The van der Waals surface area contributed by atoms with E-state index in [0.717, 1.165) is 17.9 Å².